The number of ether oxygens (including phenoxy) is 2. The van der Waals surface area contributed by atoms with Crippen LogP contribution in [0.25, 0.3) is 0 Å². The fraction of sp³-hybridized carbons (Fsp3) is 0.647. The number of likely N-dealkylation sites (tertiary alicyclic amines) is 1. The number of piperidine rings is 1. The number of amides is 1. The summed E-state index contributed by atoms with van der Waals surface area (Å²) in [6, 6.07) is 3.94. The van der Waals surface area contributed by atoms with Crippen LogP contribution in [0.3, 0.4) is 0 Å². The fourth-order valence-corrected chi connectivity index (χ4v) is 3.21. The van der Waals surface area contributed by atoms with Crippen LogP contribution in [-0.4, -0.2) is 47.2 Å². The summed E-state index contributed by atoms with van der Waals surface area (Å²) < 4.78 is 11.6. The van der Waals surface area contributed by atoms with Gasteiger partial charge in [0.05, 0.1) is 12.7 Å². The molecule has 5 heteroatoms. The topological polar surface area (TPSA) is 51.7 Å². The SMILES string of the molecule is C[C@@]1(C(=O)N2CCC(OCc3cccnc3)CC2)CCCO1. The zero-order chi connectivity index (χ0) is 15.4. The first kappa shape index (κ1) is 15.4. The van der Waals surface area contributed by atoms with E-state index >= 15 is 0 Å². The molecule has 0 N–H and O–H groups in total. The van der Waals surface area contributed by atoms with Gasteiger partial charge in [-0.3, -0.25) is 9.78 Å². The molecule has 3 heterocycles. The second-order valence-electron chi connectivity index (χ2n) is 6.35. The van der Waals surface area contributed by atoms with Crippen LogP contribution in [0.1, 0.15) is 38.2 Å². The van der Waals surface area contributed by atoms with Crippen LogP contribution >= 0.6 is 0 Å². The summed E-state index contributed by atoms with van der Waals surface area (Å²) in [4.78, 5) is 18.6. The van der Waals surface area contributed by atoms with Gasteiger partial charge in [0.2, 0.25) is 0 Å². The van der Waals surface area contributed by atoms with Crippen molar-refractivity contribution in [3.8, 4) is 0 Å². The molecule has 0 unspecified atom stereocenters. The van der Waals surface area contributed by atoms with Crippen LogP contribution in [0.4, 0.5) is 0 Å². The van der Waals surface area contributed by atoms with Crippen LogP contribution in [0.15, 0.2) is 24.5 Å². The van der Waals surface area contributed by atoms with Gasteiger partial charge in [-0.1, -0.05) is 6.07 Å². The molecule has 120 valence electrons. The number of rotatable bonds is 4. The average molecular weight is 304 g/mol. The monoisotopic (exact) mass is 304 g/mol. The van der Waals surface area contributed by atoms with Crippen molar-refractivity contribution in [2.45, 2.75) is 50.9 Å². The molecular weight excluding hydrogens is 280 g/mol. The lowest BCUT2D eigenvalue weighted by Crippen LogP contribution is -2.50. The number of carbonyl (C=O) groups is 1. The maximum atomic E-state index is 12.6. The molecule has 0 radical (unpaired) electrons. The lowest BCUT2D eigenvalue weighted by atomic mass is 9.98. The molecule has 2 saturated heterocycles. The Hall–Kier alpha value is -1.46. The lowest BCUT2D eigenvalue weighted by molar-refractivity contribution is -0.153. The van der Waals surface area contributed by atoms with Crippen LogP contribution in [0.5, 0.6) is 0 Å². The van der Waals surface area contributed by atoms with Crippen molar-refractivity contribution in [3.63, 3.8) is 0 Å². The largest absolute Gasteiger partial charge is 0.373 e. The Morgan fingerprint density at radius 1 is 1.50 bits per heavy atom. The average Bonchev–Trinajstić information content (AvgIpc) is 3.02. The molecule has 1 atom stereocenters. The predicted octanol–water partition coefficient (Wildman–Crippen LogP) is 2.16. The minimum atomic E-state index is -0.594. The molecule has 0 aliphatic carbocycles. The van der Waals surface area contributed by atoms with Crippen LogP contribution in [0.2, 0.25) is 0 Å². The quantitative estimate of drug-likeness (QED) is 0.855. The van der Waals surface area contributed by atoms with E-state index in [1.165, 1.54) is 0 Å². The molecular formula is C17H24N2O3. The number of nitrogens with zero attached hydrogens (tertiary/aromatic N) is 2. The van der Waals surface area contributed by atoms with Gasteiger partial charge in [-0.15, -0.1) is 0 Å². The third kappa shape index (κ3) is 3.47. The van der Waals surface area contributed by atoms with Gasteiger partial charge >= 0.3 is 0 Å². The van der Waals surface area contributed by atoms with Crippen molar-refractivity contribution in [1.82, 2.24) is 9.88 Å². The van der Waals surface area contributed by atoms with Crippen molar-refractivity contribution in [3.05, 3.63) is 30.1 Å². The third-order valence-corrected chi connectivity index (χ3v) is 4.61. The lowest BCUT2D eigenvalue weighted by Gasteiger charge is -2.36. The summed E-state index contributed by atoms with van der Waals surface area (Å²) in [6.07, 6.45) is 7.41. The molecule has 0 aromatic carbocycles. The zero-order valence-corrected chi connectivity index (χ0v) is 13.2. The fourth-order valence-electron chi connectivity index (χ4n) is 3.21. The van der Waals surface area contributed by atoms with E-state index in [-0.39, 0.29) is 12.0 Å². The normalized spacial score (nSPS) is 26.3. The smallest absolute Gasteiger partial charge is 0.254 e. The summed E-state index contributed by atoms with van der Waals surface area (Å²) >= 11 is 0. The van der Waals surface area contributed by atoms with Gasteiger partial charge in [-0.05, 0) is 44.2 Å². The molecule has 3 rings (SSSR count). The van der Waals surface area contributed by atoms with E-state index in [1.54, 1.807) is 6.20 Å². The minimum Gasteiger partial charge on any atom is -0.373 e. The predicted molar refractivity (Wildman–Crippen MR) is 82.2 cm³/mol. The maximum Gasteiger partial charge on any atom is 0.254 e. The molecule has 1 aromatic heterocycles. The van der Waals surface area contributed by atoms with E-state index in [9.17, 15) is 4.79 Å². The molecule has 5 nitrogen and oxygen atoms in total. The summed E-state index contributed by atoms with van der Waals surface area (Å²) in [7, 11) is 0. The number of hydrogen-bond donors (Lipinski definition) is 0. The highest BCUT2D eigenvalue weighted by Gasteiger charge is 2.41. The maximum absolute atomic E-state index is 12.6. The standard InChI is InChI=1S/C17H24N2O3/c1-17(7-3-11-22-17)16(20)19-9-5-15(6-10-19)21-13-14-4-2-8-18-12-14/h2,4,8,12,15H,3,5-7,9-11,13H2,1H3/t17-/m0/s1. The number of carbonyl (C=O) groups excluding carboxylic acids is 1. The minimum absolute atomic E-state index is 0.149. The molecule has 0 bridgehead atoms. The first-order valence-corrected chi connectivity index (χ1v) is 8.11. The van der Waals surface area contributed by atoms with E-state index in [4.69, 9.17) is 9.47 Å². The van der Waals surface area contributed by atoms with Gasteiger partial charge in [0.1, 0.15) is 5.60 Å². The van der Waals surface area contributed by atoms with Crippen molar-refractivity contribution in [1.29, 1.82) is 0 Å². The van der Waals surface area contributed by atoms with E-state index in [2.05, 4.69) is 4.98 Å². The zero-order valence-electron chi connectivity index (χ0n) is 13.2. The second-order valence-corrected chi connectivity index (χ2v) is 6.35. The first-order chi connectivity index (χ1) is 10.7. The first-order valence-electron chi connectivity index (χ1n) is 8.11. The molecule has 1 amide bonds. The summed E-state index contributed by atoms with van der Waals surface area (Å²) in [5.74, 6) is 0.149. The van der Waals surface area contributed by atoms with Crippen molar-refractivity contribution >= 4 is 5.91 Å². The highest BCUT2D eigenvalue weighted by atomic mass is 16.5. The Morgan fingerprint density at radius 2 is 2.32 bits per heavy atom. The number of aromatic nitrogens is 1. The number of hydrogen-bond acceptors (Lipinski definition) is 4. The summed E-state index contributed by atoms with van der Waals surface area (Å²) in [6.45, 7) is 4.73. The van der Waals surface area contributed by atoms with Gasteiger partial charge in [0.25, 0.3) is 5.91 Å². The Labute approximate surface area is 131 Å². The van der Waals surface area contributed by atoms with Gasteiger partial charge < -0.3 is 14.4 Å². The Kier molecular flexibility index (Phi) is 4.74. The van der Waals surface area contributed by atoms with Crippen LogP contribution < -0.4 is 0 Å². The van der Waals surface area contributed by atoms with Gasteiger partial charge in [-0.25, -0.2) is 0 Å². The van der Waals surface area contributed by atoms with Crippen LogP contribution in [-0.2, 0) is 20.9 Å². The van der Waals surface area contributed by atoms with E-state index in [0.29, 0.717) is 13.2 Å². The van der Waals surface area contributed by atoms with Gasteiger partial charge in [0.15, 0.2) is 0 Å². The molecule has 2 aliphatic heterocycles. The molecule has 0 spiro atoms. The molecule has 0 saturated carbocycles. The van der Waals surface area contributed by atoms with Crippen molar-refractivity contribution in [2.75, 3.05) is 19.7 Å². The number of pyridine rings is 1. The van der Waals surface area contributed by atoms with Gasteiger partial charge in [-0.2, -0.15) is 0 Å². The highest BCUT2D eigenvalue weighted by Crippen LogP contribution is 2.28. The molecule has 1 aromatic rings. The van der Waals surface area contributed by atoms with Crippen molar-refractivity contribution < 1.29 is 14.3 Å². The molecule has 22 heavy (non-hydrogen) atoms. The second kappa shape index (κ2) is 6.75. The van der Waals surface area contributed by atoms with E-state index < -0.39 is 5.60 Å². The van der Waals surface area contributed by atoms with Gasteiger partial charge in [0, 0.05) is 32.1 Å². The molecule has 2 aliphatic rings. The third-order valence-electron chi connectivity index (χ3n) is 4.61. The van der Waals surface area contributed by atoms with Crippen molar-refractivity contribution in [2.24, 2.45) is 0 Å². The molecule has 2 fully saturated rings. The van der Waals surface area contributed by atoms with E-state index in [1.807, 2.05) is 30.2 Å². The summed E-state index contributed by atoms with van der Waals surface area (Å²) in [5.41, 5.74) is 0.497. The van der Waals surface area contributed by atoms with Crippen LogP contribution in [0, 0.1) is 0 Å². The Bertz CT molecular complexity index is 492. The Balaban J connectivity index is 1.45. The Morgan fingerprint density at radius 3 is 2.95 bits per heavy atom. The van der Waals surface area contributed by atoms with E-state index in [0.717, 1.165) is 44.3 Å². The highest BCUT2D eigenvalue weighted by molar-refractivity contribution is 5.85. The summed E-state index contributed by atoms with van der Waals surface area (Å²) in [5, 5.41) is 0.